The lowest BCUT2D eigenvalue weighted by molar-refractivity contribution is -0.0802. The van der Waals surface area contributed by atoms with Crippen LogP contribution in [0.1, 0.15) is 11.1 Å². The summed E-state index contributed by atoms with van der Waals surface area (Å²) in [5.41, 5.74) is 1.43. The molecule has 6 N–H and O–H groups in total. The predicted octanol–water partition coefficient (Wildman–Crippen LogP) is -0.238. The molecule has 0 aliphatic carbocycles. The average Bonchev–Trinajstić information content (AvgIpc) is 2.85. The molecule has 12 heteroatoms. The molecule has 0 saturated carbocycles. The van der Waals surface area contributed by atoms with Gasteiger partial charge in [0, 0.05) is 12.2 Å². The first kappa shape index (κ1) is 25.4. The van der Waals surface area contributed by atoms with Crippen LogP contribution in [-0.2, 0) is 13.0 Å². The summed E-state index contributed by atoms with van der Waals surface area (Å²) in [5.74, 6) is -0.420. The van der Waals surface area contributed by atoms with Crippen molar-refractivity contribution in [3.63, 3.8) is 0 Å². The van der Waals surface area contributed by atoms with E-state index in [0.717, 1.165) is 11.1 Å². The molecule has 11 nitrogen and oxygen atoms in total. The van der Waals surface area contributed by atoms with E-state index in [9.17, 15) is 29.3 Å². The molecule has 2 aromatic carbocycles. The Balaban J connectivity index is 1.76. The van der Waals surface area contributed by atoms with Crippen LogP contribution < -0.4 is 16.6 Å². The lowest BCUT2D eigenvalue weighted by atomic mass is 10.1. The molecule has 0 bridgehead atoms. The summed E-state index contributed by atoms with van der Waals surface area (Å²) in [6.07, 6.45) is -4.25. The summed E-state index contributed by atoms with van der Waals surface area (Å²) in [4.78, 5) is 34.7. The van der Waals surface area contributed by atoms with E-state index in [2.05, 4.69) is 20.3 Å². The smallest absolute Gasteiger partial charge is 0.349 e. The van der Waals surface area contributed by atoms with Gasteiger partial charge in [-0.1, -0.05) is 12.1 Å². The van der Waals surface area contributed by atoms with Crippen molar-refractivity contribution in [2.24, 2.45) is 0 Å². The average molecular weight is 499 g/mol. The molecule has 0 fully saturated rings. The number of hydrogen-bond donors (Lipinski definition) is 6. The van der Waals surface area contributed by atoms with Gasteiger partial charge in [0.25, 0.3) is 5.56 Å². The largest absolute Gasteiger partial charge is 0.394 e. The number of nitrogens with one attached hydrogen (secondary N) is 2. The van der Waals surface area contributed by atoms with Crippen LogP contribution in [0, 0.1) is 12.7 Å². The van der Waals surface area contributed by atoms with Crippen LogP contribution in [0.2, 0.25) is 0 Å². The highest BCUT2D eigenvalue weighted by Gasteiger charge is 2.27. The second-order valence-corrected chi connectivity index (χ2v) is 8.53. The van der Waals surface area contributed by atoms with Gasteiger partial charge < -0.3 is 30.3 Å². The summed E-state index contributed by atoms with van der Waals surface area (Å²) < 4.78 is 14.5. The zero-order chi connectivity index (χ0) is 26.0. The van der Waals surface area contributed by atoms with E-state index in [1.165, 1.54) is 16.7 Å². The maximum Gasteiger partial charge on any atom is 0.349 e. The zero-order valence-electron chi connectivity index (χ0n) is 19.3. The lowest BCUT2D eigenvalue weighted by Gasteiger charge is -2.25. The highest BCUT2D eigenvalue weighted by atomic mass is 19.1. The number of nitrogens with zero attached hydrogens (tertiary/aromatic N) is 3. The van der Waals surface area contributed by atoms with Gasteiger partial charge >= 0.3 is 5.69 Å². The highest BCUT2D eigenvalue weighted by Crippen LogP contribution is 2.27. The van der Waals surface area contributed by atoms with Crippen molar-refractivity contribution in [2.45, 2.75) is 38.2 Å². The number of H-pyrrole nitrogens is 1. The van der Waals surface area contributed by atoms with E-state index in [1.54, 1.807) is 24.3 Å². The SMILES string of the molecule is Cc1cc2nc3c(=O)[nH]c(=O)nc-3n(CC(O)C(O)C(O)CO)c2cc1NCCc1ccc(F)cc1. The number of aryl methyl sites for hydroxylation is 1. The summed E-state index contributed by atoms with van der Waals surface area (Å²) in [6, 6.07) is 9.63. The van der Waals surface area contributed by atoms with Gasteiger partial charge in [-0.25, -0.2) is 14.2 Å². The Morgan fingerprint density at radius 3 is 2.50 bits per heavy atom. The minimum absolute atomic E-state index is 0.109. The number of rotatable bonds is 9. The molecular weight excluding hydrogens is 473 g/mol. The molecule has 0 aromatic heterocycles. The molecule has 2 aliphatic heterocycles. The van der Waals surface area contributed by atoms with Crippen molar-refractivity contribution in [3.05, 3.63) is 74.2 Å². The normalized spacial score (nSPS) is 14.2. The molecule has 0 radical (unpaired) electrons. The Morgan fingerprint density at radius 2 is 1.81 bits per heavy atom. The second-order valence-electron chi connectivity index (χ2n) is 8.53. The third-order valence-corrected chi connectivity index (χ3v) is 5.94. The van der Waals surface area contributed by atoms with Crippen LogP contribution >= 0.6 is 0 Å². The number of benzene rings is 2. The second kappa shape index (κ2) is 10.5. The molecule has 0 spiro atoms. The molecule has 3 unspecified atom stereocenters. The van der Waals surface area contributed by atoms with Gasteiger partial charge in [0.2, 0.25) is 0 Å². The van der Waals surface area contributed by atoms with Crippen molar-refractivity contribution < 1.29 is 24.8 Å². The van der Waals surface area contributed by atoms with Crippen molar-refractivity contribution >= 4 is 16.7 Å². The van der Waals surface area contributed by atoms with Crippen molar-refractivity contribution in [1.29, 1.82) is 0 Å². The first-order chi connectivity index (χ1) is 17.2. The molecule has 3 atom stereocenters. The fourth-order valence-electron chi connectivity index (χ4n) is 3.97. The van der Waals surface area contributed by atoms with E-state index in [4.69, 9.17) is 5.11 Å². The van der Waals surface area contributed by atoms with Crippen LogP contribution in [-0.4, -0.2) is 71.4 Å². The molecule has 0 amide bonds. The summed E-state index contributed by atoms with van der Waals surface area (Å²) >= 11 is 0. The molecule has 2 aromatic rings. The fraction of sp³-hybridized carbons (Fsp3) is 0.333. The first-order valence-corrected chi connectivity index (χ1v) is 11.3. The highest BCUT2D eigenvalue weighted by molar-refractivity contribution is 5.84. The van der Waals surface area contributed by atoms with Crippen LogP contribution in [0.5, 0.6) is 0 Å². The lowest BCUT2D eigenvalue weighted by Crippen LogP contribution is -2.42. The summed E-state index contributed by atoms with van der Waals surface area (Å²) in [6.45, 7) is 1.23. The van der Waals surface area contributed by atoms with E-state index >= 15 is 0 Å². The standard InChI is InChI=1S/C24H26FN5O6/c1-12-8-16-17(9-15(12)26-7-6-13-2-4-14(25)5-3-13)30(10-18(32)21(34)19(33)11-31)22-20(27-16)23(35)29-24(36)28-22/h2-5,8-9,18-19,21,26,31-34H,6-7,10-11H2,1H3,(H,29,35,36). The van der Waals surface area contributed by atoms with Crippen molar-refractivity contribution in [1.82, 2.24) is 19.5 Å². The zero-order valence-corrected chi connectivity index (χ0v) is 19.3. The Bertz CT molecular complexity index is 1450. The fourth-order valence-corrected chi connectivity index (χ4v) is 3.97. The van der Waals surface area contributed by atoms with E-state index in [0.29, 0.717) is 29.7 Å². The number of halogens is 1. The number of aromatic nitrogens is 4. The summed E-state index contributed by atoms with van der Waals surface area (Å²) in [7, 11) is 0. The third-order valence-electron chi connectivity index (χ3n) is 5.94. The molecule has 2 aliphatic rings. The summed E-state index contributed by atoms with van der Waals surface area (Å²) in [5, 5.41) is 42.9. The topological polar surface area (TPSA) is 174 Å². The Morgan fingerprint density at radius 1 is 1.08 bits per heavy atom. The molecule has 190 valence electrons. The number of aromatic amines is 1. The maximum atomic E-state index is 13.1. The number of fused-ring (bicyclic) bond motifs is 2. The quantitative estimate of drug-likeness (QED) is 0.170. The monoisotopic (exact) mass is 499 g/mol. The Kier molecular flexibility index (Phi) is 7.40. The molecule has 4 rings (SSSR count). The third kappa shape index (κ3) is 5.26. The number of aliphatic hydroxyl groups excluding tert-OH is 4. The van der Waals surface area contributed by atoms with E-state index in [1.807, 2.05) is 6.92 Å². The van der Waals surface area contributed by atoms with Crippen molar-refractivity contribution in [2.75, 3.05) is 18.5 Å². The van der Waals surface area contributed by atoms with Crippen LogP contribution in [0.3, 0.4) is 0 Å². The number of hydrogen-bond acceptors (Lipinski definition) is 9. The van der Waals surface area contributed by atoms with Gasteiger partial charge in [-0.05, 0) is 48.7 Å². The van der Waals surface area contributed by atoms with E-state index in [-0.39, 0.29) is 23.9 Å². The number of aliphatic hydroxyl groups is 4. The molecule has 0 saturated heterocycles. The van der Waals surface area contributed by atoms with Gasteiger partial charge in [0.05, 0.1) is 24.2 Å². The maximum absolute atomic E-state index is 13.1. The molecular formula is C24H26FN5O6. The van der Waals surface area contributed by atoms with Gasteiger partial charge in [-0.3, -0.25) is 9.78 Å². The number of anilines is 1. The molecule has 2 heterocycles. The Labute approximate surface area is 203 Å². The van der Waals surface area contributed by atoms with Gasteiger partial charge in [-0.15, -0.1) is 0 Å². The van der Waals surface area contributed by atoms with Gasteiger partial charge in [0.1, 0.15) is 24.1 Å². The van der Waals surface area contributed by atoms with Crippen molar-refractivity contribution in [3.8, 4) is 11.5 Å². The Hall–Kier alpha value is -3.71. The van der Waals surface area contributed by atoms with Crippen LogP contribution in [0.15, 0.2) is 46.0 Å². The van der Waals surface area contributed by atoms with Gasteiger partial charge in [0.15, 0.2) is 11.5 Å². The minimum atomic E-state index is -1.70. The predicted molar refractivity (Wildman–Crippen MR) is 129 cm³/mol. The van der Waals surface area contributed by atoms with Crippen LogP contribution in [0.25, 0.3) is 22.6 Å². The first-order valence-electron chi connectivity index (χ1n) is 11.3. The van der Waals surface area contributed by atoms with E-state index < -0.39 is 36.2 Å². The minimum Gasteiger partial charge on any atom is -0.394 e. The van der Waals surface area contributed by atoms with Crippen LogP contribution in [0.4, 0.5) is 10.1 Å². The van der Waals surface area contributed by atoms with Gasteiger partial charge in [-0.2, -0.15) is 4.98 Å². The molecule has 36 heavy (non-hydrogen) atoms.